The average Bonchev–Trinajstić information content (AvgIpc) is 2.44. The molecule has 6 heteroatoms. The Kier molecular flexibility index (Phi) is 5.19. The van der Waals surface area contributed by atoms with Crippen LogP contribution in [0.25, 0.3) is 0 Å². The highest BCUT2D eigenvalue weighted by molar-refractivity contribution is 6.31. The zero-order valence-electron chi connectivity index (χ0n) is 12.7. The lowest BCUT2D eigenvalue weighted by Gasteiger charge is -2.30. The summed E-state index contributed by atoms with van der Waals surface area (Å²) in [5, 5.41) is 12.9. The molecule has 118 valence electrons. The van der Waals surface area contributed by atoms with Crippen LogP contribution in [0.1, 0.15) is 38.7 Å². The van der Waals surface area contributed by atoms with Crippen LogP contribution in [0.15, 0.2) is 23.4 Å². The van der Waals surface area contributed by atoms with Gasteiger partial charge in [-0.2, -0.15) is 0 Å². The van der Waals surface area contributed by atoms with Crippen molar-refractivity contribution in [3.63, 3.8) is 0 Å². The third-order valence-corrected chi connectivity index (χ3v) is 3.77. The summed E-state index contributed by atoms with van der Waals surface area (Å²) in [4.78, 5) is 25.8. The van der Waals surface area contributed by atoms with Crippen molar-refractivity contribution in [2.45, 2.75) is 33.1 Å². The number of amides is 1. The summed E-state index contributed by atoms with van der Waals surface area (Å²) in [6, 6.07) is 5.06. The summed E-state index contributed by atoms with van der Waals surface area (Å²) in [6.07, 6.45) is 0.718. The Morgan fingerprint density at radius 1 is 1.41 bits per heavy atom. The van der Waals surface area contributed by atoms with Gasteiger partial charge in [-0.15, -0.1) is 0 Å². The van der Waals surface area contributed by atoms with Gasteiger partial charge in [-0.05, 0) is 24.1 Å². The molecular formula is C16H19ClN2O3. The Bertz CT molecular complexity index is 626. The lowest BCUT2D eigenvalue weighted by molar-refractivity contribution is -0.127. The van der Waals surface area contributed by atoms with Gasteiger partial charge in [-0.3, -0.25) is 9.59 Å². The number of halogens is 1. The second kappa shape index (κ2) is 6.92. The zero-order chi connectivity index (χ0) is 16.3. The van der Waals surface area contributed by atoms with Gasteiger partial charge in [0.05, 0.1) is 17.8 Å². The van der Waals surface area contributed by atoms with Crippen molar-refractivity contribution in [3.05, 3.63) is 28.8 Å². The molecule has 22 heavy (non-hydrogen) atoms. The van der Waals surface area contributed by atoms with Crippen molar-refractivity contribution in [1.29, 1.82) is 0 Å². The number of nitrogens with zero attached hydrogens (tertiary/aromatic N) is 2. The van der Waals surface area contributed by atoms with E-state index in [1.54, 1.807) is 23.1 Å². The lowest BCUT2D eigenvalue weighted by atomic mass is 9.98. The molecule has 1 aromatic rings. The van der Waals surface area contributed by atoms with Crippen LogP contribution >= 0.6 is 11.6 Å². The van der Waals surface area contributed by atoms with E-state index in [4.69, 9.17) is 16.8 Å². The maximum absolute atomic E-state index is 12.4. The molecule has 0 atom stereocenters. The number of benzene rings is 1. The number of rotatable bonds is 4. The van der Waals surface area contributed by atoms with E-state index in [-0.39, 0.29) is 24.0 Å². The van der Waals surface area contributed by atoms with Crippen molar-refractivity contribution in [3.8, 4) is 0 Å². The molecule has 1 heterocycles. The SMILES string of the molecule is CC(C)CC(=O)CC(=O)N1CCC(=NO)c2cc(Cl)ccc21. The molecule has 1 N–H and O–H groups in total. The Morgan fingerprint density at radius 3 is 2.77 bits per heavy atom. The van der Waals surface area contributed by atoms with E-state index in [9.17, 15) is 9.59 Å². The fraction of sp³-hybridized carbons (Fsp3) is 0.438. The number of hydrogen-bond acceptors (Lipinski definition) is 4. The van der Waals surface area contributed by atoms with Crippen LogP contribution in [0.3, 0.4) is 0 Å². The molecule has 0 saturated carbocycles. The quantitative estimate of drug-likeness (QED) is 0.525. The van der Waals surface area contributed by atoms with Crippen LogP contribution in [-0.4, -0.2) is 29.2 Å². The van der Waals surface area contributed by atoms with Gasteiger partial charge >= 0.3 is 0 Å². The minimum atomic E-state index is -0.230. The zero-order valence-corrected chi connectivity index (χ0v) is 13.4. The largest absolute Gasteiger partial charge is 0.411 e. The van der Waals surface area contributed by atoms with Gasteiger partial charge in [0.2, 0.25) is 5.91 Å². The third kappa shape index (κ3) is 3.65. The molecule has 1 aromatic carbocycles. The smallest absolute Gasteiger partial charge is 0.234 e. The minimum Gasteiger partial charge on any atom is -0.411 e. The second-order valence-electron chi connectivity index (χ2n) is 5.82. The maximum atomic E-state index is 12.4. The van der Waals surface area contributed by atoms with Crippen LogP contribution in [0.5, 0.6) is 0 Å². The molecule has 0 aliphatic carbocycles. The van der Waals surface area contributed by atoms with Crippen molar-refractivity contribution in [2.75, 3.05) is 11.4 Å². The Labute approximate surface area is 134 Å². The second-order valence-corrected chi connectivity index (χ2v) is 6.25. The van der Waals surface area contributed by atoms with Crippen LogP contribution in [0.2, 0.25) is 5.02 Å². The fourth-order valence-corrected chi connectivity index (χ4v) is 2.77. The van der Waals surface area contributed by atoms with E-state index >= 15 is 0 Å². The molecule has 0 spiro atoms. The Balaban J connectivity index is 2.23. The standard InChI is InChI=1S/C16H19ClN2O3/c1-10(2)7-12(20)9-16(21)19-6-5-14(18-22)13-8-11(17)3-4-15(13)19/h3-4,8,10,22H,5-7,9H2,1-2H3. The highest BCUT2D eigenvalue weighted by Gasteiger charge is 2.27. The summed E-state index contributed by atoms with van der Waals surface area (Å²) in [7, 11) is 0. The normalized spacial score (nSPS) is 16.0. The molecule has 1 amide bonds. The summed E-state index contributed by atoms with van der Waals surface area (Å²) < 4.78 is 0. The van der Waals surface area contributed by atoms with Crippen molar-refractivity contribution < 1.29 is 14.8 Å². The lowest BCUT2D eigenvalue weighted by Crippen LogP contribution is -2.38. The molecule has 5 nitrogen and oxygen atoms in total. The first-order valence-electron chi connectivity index (χ1n) is 7.25. The van der Waals surface area contributed by atoms with Gasteiger partial charge in [-0.25, -0.2) is 0 Å². The van der Waals surface area contributed by atoms with Gasteiger partial charge in [0, 0.05) is 30.0 Å². The van der Waals surface area contributed by atoms with Gasteiger partial charge < -0.3 is 10.1 Å². The molecule has 0 unspecified atom stereocenters. The number of anilines is 1. The number of oxime groups is 1. The van der Waals surface area contributed by atoms with Gasteiger partial charge in [0.15, 0.2) is 0 Å². The van der Waals surface area contributed by atoms with Crippen molar-refractivity contribution in [2.24, 2.45) is 11.1 Å². The average molecular weight is 323 g/mol. The van der Waals surface area contributed by atoms with Gasteiger partial charge in [0.1, 0.15) is 5.78 Å². The molecule has 1 aliphatic rings. The predicted molar refractivity (Wildman–Crippen MR) is 85.8 cm³/mol. The van der Waals surface area contributed by atoms with E-state index < -0.39 is 0 Å². The molecule has 0 fully saturated rings. The molecule has 0 bridgehead atoms. The van der Waals surface area contributed by atoms with Crippen molar-refractivity contribution >= 4 is 34.7 Å². The van der Waals surface area contributed by atoms with Gasteiger partial charge in [0.25, 0.3) is 0 Å². The number of ketones is 1. The third-order valence-electron chi connectivity index (χ3n) is 3.54. The van der Waals surface area contributed by atoms with E-state index in [1.165, 1.54) is 0 Å². The summed E-state index contributed by atoms with van der Waals surface area (Å²) in [6.45, 7) is 4.29. The van der Waals surface area contributed by atoms with Crippen LogP contribution in [0, 0.1) is 5.92 Å². The number of carbonyl (C=O) groups excluding carboxylic acids is 2. The highest BCUT2D eigenvalue weighted by Crippen LogP contribution is 2.30. The van der Waals surface area contributed by atoms with E-state index in [2.05, 4.69) is 5.16 Å². The summed E-state index contributed by atoms with van der Waals surface area (Å²) in [5.74, 6) is -0.0516. The monoisotopic (exact) mass is 322 g/mol. The topological polar surface area (TPSA) is 70.0 Å². The highest BCUT2D eigenvalue weighted by atomic mass is 35.5. The summed E-state index contributed by atoms with van der Waals surface area (Å²) in [5.41, 5.74) is 1.76. The van der Waals surface area contributed by atoms with Crippen LogP contribution in [0.4, 0.5) is 5.69 Å². The number of Topliss-reactive ketones (excluding diaryl/α,β-unsaturated/α-hetero) is 1. The Morgan fingerprint density at radius 2 is 2.14 bits per heavy atom. The van der Waals surface area contributed by atoms with Gasteiger partial charge in [-0.1, -0.05) is 30.6 Å². The number of fused-ring (bicyclic) bond motifs is 1. The predicted octanol–water partition coefficient (Wildman–Crippen LogP) is 3.26. The maximum Gasteiger partial charge on any atom is 0.234 e. The van der Waals surface area contributed by atoms with E-state index in [1.807, 2.05) is 13.8 Å². The first-order chi connectivity index (χ1) is 10.4. The van der Waals surface area contributed by atoms with Crippen LogP contribution in [-0.2, 0) is 9.59 Å². The Hall–Kier alpha value is -1.88. The number of hydrogen-bond donors (Lipinski definition) is 1. The molecule has 2 rings (SSSR count). The van der Waals surface area contributed by atoms with E-state index in [0.29, 0.717) is 41.4 Å². The molecule has 0 saturated heterocycles. The van der Waals surface area contributed by atoms with Crippen molar-refractivity contribution in [1.82, 2.24) is 0 Å². The first kappa shape index (κ1) is 16.5. The first-order valence-corrected chi connectivity index (χ1v) is 7.63. The fourth-order valence-electron chi connectivity index (χ4n) is 2.60. The minimum absolute atomic E-state index is 0.0582. The molecule has 0 radical (unpaired) electrons. The number of carbonyl (C=O) groups is 2. The molecular weight excluding hydrogens is 304 g/mol. The molecule has 0 aromatic heterocycles. The summed E-state index contributed by atoms with van der Waals surface area (Å²) >= 11 is 5.97. The molecule has 1 aliphatic heterocycles. The van der Waals surface area contributed by atoms with Crippen LogP contribution < -0.4 is 4.90 Å². The van der Waals surface area contributed by atoms with E-state index in [0.717, 1.165) is 0 Å².